The second-order valence-corrected chi connectivity index (χ2v) is 6.71. The summed E-state index contributed by atoms with van der Waals surface area (Å²) >= 11 is 0. The molecule has 0 radical (unpaired) electrons. The predicted molar refractivity (Wildman–Crippen MR) is 93.6 cm³/mol. The van der Waals surface area contributed by atoms with Gasteiger partial charge in [0.05, 0.1) is 0 Å². The van der Waals surface area contributed by atoms with E-state index in [-0.39, 0.29) is 5.91 Å². The molecule has 1 amide bonds. The molecule has 0 bridgehead atoms. The number of rotatable bonds is 7. The van der Waals surface area contributed by atoms with Gasteiger partial charge in [0.1, 0.15) is 0 Å². The van der Waals surface area contributed by atoms with E-state index in [9.17, 15) is 4.79 Å². The van der Waals surface area contributed by atoms with E-state index in [4.69, 9.17) is 4.74 Å². The Morgan fingerprint density at radius 2 is 2.24 bits per heavy atom. The summed E-state index contributed by atoms with van der Waals surface area (Å²) < 4.78 is 6.80. The van der Waals surface area contributed by atoms with Crippen LogP contribution in [0.2, 0.25) is 0 Å². The molecule has 0 saturated carbocycles. The van der Waals surface area contributed by atoms with Crippen LogP contribution >= 0.6 is 0 Å². The number of hydrogen-bond donors (Lipinski definition) is 1. The molecule has 2 aromatic heterocycles. The summed E-state index contributed by atoms with van der Waals surface area (Å²) in [6, 6.07) is 1.92. The molecule has 2 aromatic rings. The van der Waals surface area contributed by atoms with E-state index in [1.165, 1.54) is 0 Å². The maximum absolute atomic E-state index is 12.5. The van der Waals surface area contributed by atoms with Crippen LogP contribution in [-0.2, 0) is 4.74 Å². The van der Waals surface area contributed by atoms with Crippen molar-refractivity contribution >= 4 is 11.7 Å². The van der Waals surface area contributed by atoms with E-state index < -0.39 is 0 Å². The van der Waals surface area contributed by atoms with E-state index in [1.807, 2.05) is 19.9 Å². The van der Waals surface area contributed by atoms with Crippen LogP contribution in [0, 0.1) is 19.8 Å². The molecule has 1 N–H and O–H groups in total. The van der Waals surface area contributed by atoms with Crippen LogP contribution in [0.1, 0.15) is 34.8 Å². The van der Waals surface area contributed by atoms with Gasteiger partial charge in [-0.15, -0.1) is 10.2 Å². The van der Waals surface area contributed by atoms with Gasteiger partial charge in [-0.1, -0.05) is 0 Å². The first kappa shape index (κ1) is 17.8. The van der Waals surface area contributed by atoms with Crippen molar-refractivity contribution in [1.82, 2.24) is 29.8 Å². The lowest BCUT2D eigenvalue weighted by Crippen LogP contribution is -2.32. The minimum atomic E-state index is -0.195. The minimum absolute atomic E-state index is 0.195. The molecule has 0 aliphatic carbocycles. The van der Waals surface area contributed by atoms with Gasteiger partial charge >= 0.3 is 0 Å². The Balaban J connectivity index is 1.55. The Hall–Kier alpha value is -2.06. The number of carbonyl (C=O) groups excluding carboxylic acids is 1. The fraction of sp³-hybridized carbons (Fsp3) is 0.647. The molecule has 0 aromatic carbocycles. The summed E-state index contributed by atoms with van der Waals surface area (Å²) in [5.41, 5.74) is 1.77. The van der Waals surface area contributed by atoms with Gasteiger partial charge in [-0.05, 0) is 45.2 Å². The molecule has 1 unspecified atom stereocenters. The van der Waals surface area contributed by atoms with Crippen molar-refractivity contribution in [2.75, 3.05) is 39.9 Å². The lowest BCUT2D eigenvalue weighted by atomic mass is 10.1. The summed E-state index contributed by atoms with van der Waals surface area (Å²) in [6.07, 6.45) is 2.15. The molecule has 0 spiro atoms. The van der Waals surface area contributed by atoms with E-state index in [1.54, 1.807) is 11.5 Å². The minimum Gasteiger partial charge on any atom is -0.385 e. The van der Waals surface area contributed by atoms with Crippen molar-refractivity contribution in [3.63, 3.8) is 0 Å². The number of hydrogen-bond acceptors (Lipinski definition) is 6. The van der Waals surface area contributed by atoms with E-state index in [0.29, 0.717) is 24.1 Å². The van der Waals surface area contributed by atoms with Gasteiger partial charge in [-0.2, -0.15) is 0 Å². The topological polar surface area (TPSA) is 84.6 Å². The van der Waals surface area contributed by atoms with Crippen LogP contribution in [0.3, 0.4) is 0 Å². The first-order valence-electron chi connectivity index (χ1n) is 8.77. The van der Waals surface area contributed by atoms with E-state index >= 15 is 0 Å². The average Bonchev–Trinajstić information content (AvgIpc) is 3.19. The number of aryl methyl sites for hydroxylation is 2. The summed E-state index contributed by atoms with van der Waals surface area (Å²) in [5, 5.41) is 11.0. The molecule has 1 aliphatic heterocycles. The molecule has 1 saturated heterocycles. The molecule has 1 aliphatic rings. The normalized spacial score (nSPS) is 18.1. The summed E-state index contributed by atoms with van der Waals surface area (Å²) in [4.78, 5) is 19.3. The number of nitrogens with one attached hydrogen (secondary N) is 1. The molecule has 3 heterocycles. The average molecular weight is 346 g/mol. The highest BCUT2D eigenvalue weighted by atomic mass is 16.5. The van der Waals surface area contributed by atoms with Gasteiger partial charge in [0.2, 0.25) is 5.82 Å². The molecule has 8 nitrogen and oxygen atoms in total. The second kappa shape index (κ2) is 7.88. The molecule has 1 atom stereocenters. The first-order chi connectivity index (χ1) is 12.1. The van der Waals surface area contributed by atoms with Crippen molar-refractivity contribution in [3.05, 3.63) is 23.3 Å². The maximum Gasteiger partial charge on any atom is 0.289 e. The van der Waals surface area contributed by atoms with E-state index in [2.05, 4.69) is 25.4 Å². The zero-order valence-corrected chi connectivity index (χ0v) is 15.2. The maximum atomic E-state index is 12.5. The van der Waals surface area contributed by atoms with Crippen LogP contribution in [0.25, 0.3) is 5.78 Å². The lowest BCUT2D eigenvalue weighted by molar-refractivity contribution is 0.0935. The number of amides is 1. The summed E-state index contributed by atoms with van der Waals surface area (Å²) in [7, 11) is 1.73. The third kappa shape index (κ3) is 4.13. The third-order valence-corrected chi connectivity index (χ3v) is 4.64. The van der Waals surface area contributed by atoms with Gasteiger partial charge < -0.3 is 15.0 Å². The number of likely N-dealkylation sites (tertiary alicyclic amines) is 1. The summed E-state index contributed by atoms with van der Waals surface area (Å²) in [5.74, 6) is 1.05. The first-order valence-corrected chi connectivity index (χ1v) is 8.77. The van der Waals surface area contributed by atoms with Crippen LogP contribution < -0.4 is 5.32 Å². The SMILES string of the molecule is COCCCN1CCC(CNC(=O)c2nnc3nc(C)cc(C)n23)C1. The largest absolute Gasteiger partial charge is 0.385 e. The molecule has 8 heteroatoms. The number of fused-ring (bicyclic) bond motifs is 1. The molecule has 1 fully saturated rings. The molecule has 25 heavy (non-hydrogen) atoms. The highest BCUT2D eigenvalue weighted by Gasteiger charge is 2.24. The zero-order valence-electron chi connectivity index (χ0n) is 15.2. The number of carbonyl (C=O) groups is 1. The Kier molecular flexibility index (Phi) is 5.60. The Bertz CT molecular complexity index is 744. The van der Waals surface area contributed by atoms with Crippen molar-refractivity contribution < 1.29 is 9.53 Å². The van der Waals surface area contributed by atoms with Crippen molar-refractivity contribution in [2.45, 2.75) is 26.7 Å². The monoisotopic (exact) mass is 346 g/mol. The van der Waals surface area contributed by atoms with Crippen LogP contribution in [0.5, 0.6) is 0 Å². The van der Waals surface area contributed by atoms with Crippen LogP contribution in [0.15, 0.2) is 6.07 Å². The second-order valence-electron chi connectivity index (χ2n) is 6.71. The number of ether oxygens (including phenoxy) is 1. The highest BCUT2D eigenvalue weighted by molar-refractivity contribution is 5.91. The van der Waals surface area contributed by atoms with Gasteiger partial charge in [-0.25, -0.2) is 4.98 Å². The Morgan fingerprint density at radius 3 is 3.04 bits per heavy atom. The summed E-state index contributed by atoms with van der Waals surface area (Å²) in [6.45, 7) is 8.44. The molecule has 3 rings (SSSR count). The quantitative estimate of drug-likeness (QED) is 0.748. The number of nitrogens with zero attached hydrogens (tertiary/aromatic N) is 5. The van der Waals surface area contributed by atoms with Gasteiger partial charge in [0, 0.05) is 44.7 Å². The van der Waals surface area contributed by atoms with Gasteiger partial charge in [0.15, 0.2) is 0 Å². The standard InChI is InChI=1S/C17H26N6O2/c1-12-9-13(2)23-15(20-21-17(23)19-12)16(24)18-10-14-5-7-22(11-14)6-4-8-25-3/h9,14H,4-8,10-11H2,1-3H3,(H,18,24). The number of aromatic nitrogens is 4. The van der Waals surface area contributed by atoms with Gasteiger partial charge in [-0.3, -0.25) is 9.20 Å². The van der Waals surface area contributed by atoms with Crippen molar-refractivity contribution in [1.29, 1.82) is 0 Å². The third-order valence-electron chi connectivity index (χ3n) is 4.64. The lowest BCUT2D eigenvalue weighted by Gasteiger charge is -2.15. The smallest absolute Gasteiger partial charge is 0.289 e. The van der Waals surface area contributed by atoms with Crippen LogP contribution in [0.4, 0.5) is 0 Å². The fourth-order valence-corrected chi connectivity index (χ4v) is 3.41. The Morgan fingerprint density at radius 1 is 1.40 bits per heavy atom. The van der Waals surface area contributed by atoms with Crippen LogP contribution in [-0.4, -0.2) is 70.3 Å². The fourth-order valence-electron chi connectivity index (χ4n) is 3.41. The predicted octanol–water partition coefficient (Wildman–Crippen LogP) is 0.829. The zero-order chi connectivity index (χ0) is 17.8. The Labute approximate surface area is 147 Å². The van der Waals surface area contributed by atoms with Gasteiger partial charge in [0.25, 0.3) is 11.7 Å². The molecule has 136 valence electrons. The molecular formula is C17H26N6O2. The number of methoxy groups -OCH3 is 1. The van der Waals surface area contributed by atoms with Crippen molar-refractivity contribution in [2.24, 2.45) is 5.92 Å². The molecular weight excluding hydrogens is 320 g/mol. The van der Waals surface area contributed by atoms with Crippen molar-refractivity contribution in [3.8, 4) is 0 Å². The highest BCUT2D eigenvalue weighted by Crippen LogP contribution is 2.16. The van der Waals surface area contributed by atoms with E-state index in [0.717, 1.165) is 50.5 Å².